The van der Waals surface area contributed by atoms with E-state index in [-0.39, 0.29) is 23.1 Å². The van der Waals surface area contributed by atoms with Crippen molar-refractivity contribution in [3.63, 3.8) is 0 Å². The van der Waals surface area contributed by atoms with Gasteiger partial charge in [0.15, 0.2) is 10.9 Å². The molecule has 0 unspecified atom stereocenters. The van der Waals surface area contributed by atoms with Gasteiger partial charge in [0, 0.05) is 16.5 Å². The van der Waals surface area contributed by atoms with E-state index in [4.69, 9.17) is 11.6 Å². The molecule has 0 aliphatic rings. The molecule has 0 bridgehead atoms. The molecule has 0 radical (unpaired) electrons. The zero-order chi connectivity index (χ0) is 19.0. The number of fused-ring (bicyclic) bond motifs is 1. The lowest BCUT2D eigenvalue weighted by Gasteiger charge is -2.15. The summed E-state index contributed by atoms with van der Waals surface area (Å²) in [6.07, 6.45) is 0. The molecule has 0 aliphatic carbocycles. The number of halogens is 1. The molecular formula is C19H19ClN2O2S2. The first-order valence-electron chi connectivity index (χ1n) is 8.24. The van der Waals surface area contributed by atoms with Crippen molar-refractivity contribution in [1.82, 2.24) is 9.55 Å². The van der Waals surface area contributed by atoms with E-state index in [0.29, 0.717) is 21.1 Å². The molecule has 0 atom stereocenters. The Hall–Kier alpha value is -1.63. The van der Waals surface area contributed by atoms with Crippen LogP contribution in [0.1, 0.15) is 40.7 Å². The summed E-state index contributed by atoms with van der Waals surface area (Å²) in [5, 5.41) is 1.69. The topological polar surface area (TPSA) is 52.0 Å². The summed E-state index contributed by atoms with van der Waals surface area (Å²) in [6, 6.07) is 6.94. The predicted octanol–water partition coefficient (Wildman–Crippen LogP) is 5.28. The fourth-order valence-electron chi connectivity index (χ4n) is 2.74. The maximum Gasteiger partial charge on any atom is 0.263 e. The molecule has 0 fully saturated rings. The van der Waals surface area contributed by atoms with Crippen molar-refractivity contribution in [1.29, 1.82) is 0 Å². The Morgan fingerprint density at radius 2 is 2.00 bits per heavy atom. The minimum Gasteiger partial charge on any atom is -0.293 e. The summed E-state index contributed by atoms with van der Waals surface area (Å²) in [4.78, 5) is 32.0. The largest absolute Gasteiger partial charge is 0.293 e. The van der Waals surface area contributed by atoms with Gasteiger partial charge in [-0.3, -0.25) is 14.2 Å². The van der Waals surface area contributed by atoms with Gasteiger partial charge in [0.2, 0.25) is 0 Å². The first kappa shape index (κ1) is 19.1. The standard InChI is InChI=1S/C19H19ClN2O2S2/c1-10(2)22-18(24)16-11(3)12(4)26-17(16)21-19(22)25-9-15(23)13-7-5-6-8-14(13)20/h5-8,10H,9H2,1-4H3. The summed E-state index contributed by atoms with van der Waals surface area (Å²) in [7, 11) is 0. The molecule has 0 amide bonds. The molecular weight excluding hydrogens is 388 g/mol. The van der Waals surface area contributed by atoms with Crippen LogP contribution in [0.3, 0.4) is 0 Å². The van der Waals surface area contributed by atoms with Crippen LogP contribution in [0.15, 0.2) is 34.2 Å². The summed E-state index contributed by atoms with van der Waals surface area (Å²) in [6.45, 7) is 7.84. The highest BCUT2D eigenvalue weighted by Gasteiger charge is 2.19. The van der Waals surface area contributed by atoms with Crippen LogP contribution in [0, 0.1) is 13.8 Å². The minimum atomic E-state index is -0.0798. The number of benzene rings is 1. The fraction of sp³-hybridized carbons (Fsp3) is 0.316. The van der Waals surface area contributed by atoms with Crippen molar-refractivity contribution in [2.75, 3.05) is 5.75 Å². The van der Waals surface area contributed by atoms with Gasteiger partial charge in [-0.1, -0.05) is 35.5 Å². The second-order valence-corrected chi connectivity index (χ2v) is 8.87. The number of rotatable bonds is 5. The van der Waals surface area contributed by atoms with Crippen LogP contribution >= 0.6 is 34.7 Å². The third kappa shape index (κ3) is 3.46. The SMILES string of the molecule is Cc1sc2nc(SCC(=O)c3ccccc3Cl)n(C(C)C)c(=O)c2c1C. The molecule has 7 heteroatoms. The lowest BCUT2D eigenvalue weighted by atomic mass is 10.1. The first-order valence-corrected chi connectivity index (χ1v) is 10.4. The van der Waals surface area contributed by atoms with Gasteiger partial charge >= 0.3 is 0 Å². The van der Waals surface area contributed by atoms with Crippen LogP contribution in [0.5, 0.6) is 0 Å². The second-order valence-electron chi connectivity index (χ2n) is 6.32. The van der Waals surface area contributed by atoms with Crippen LogP contribution in [0.2, 0.25) is 5.02 Å². The van der Waals surface area contributed by atoms with Gasteiger partial charge in [-0.05, 0) is 45.4 Å². The van der Waals surface area contributed by atoms with Gasteiger partial charge in [-0.25, -0.2) is 4.98 Å². The van der Waals surface area contributed by atoms with E-state index in [2.05, 4.69) is 4.98 Å². The van der Waals surface area contributed by atoms with Crippen molar-refractivity contribution in [2.45, 2.75) is 38.9 Å². The van der Waals surface area contributed by atoms with Gasteiger partial charge in [-0.2, -0.15) is 0 Å². The number of Topliss-reactive ketones (excluding diaryl/α,β-unsaturated/α-hetero) is 1. The van der Waals surface area contributed by atoms with Crippen molar-refractivity contribution in [2.24, 2.45) is 0 Å². The van der Waals surface area contributed by atoms with Crippen molar-refractivity contribution >= 4 is 50.7 Å². The molecule has 0 N–H and O–H groups in total. The Labute approximate surface area is 165 Å². The number of ketones is 1. The number of hydrogen-bond donors (Lipinski definition) is 0. The number of aryl methyl sites for hydroxylation is 2. The van der Waals surface area contributed by atoms with Gasteiger partial charge in [-0.15, -0.1) is 11.3 Å². The third-order valence-corrected chi connectivity index (χ3v) is 6.61. The highest BCUT2D eigenvalue weighted by atomic mass is 35.5. The van der Waals surface area contributed by atoms with Crippen LogP contribution in [-0.4, -0.2) is 21.1 Å². The summed E-state index contributed by atoms with van der Waals surface area (Å²) in [5.74, 6) is 0.0985. The zero-order valence-corrected chi connectivity index (χ0v) is 17.4. The number of carbonyl (C=O) groups excluding carboxylic acids is 1. The van der Waals surface area contributed by atoms with Crippen LogP contribution in [-0.2, 0) is 0 Å². The maximum atomic E-state index is 13.0. The van der Waals surface area contributed by atoms with E-state index in [1.54, 1.807) is 28.8 Å². The molecule has 1 aromatic carbocycles. The predicted molar refractivity (Wildman–Crippen MR) is 110 cm³/mol. The van der Waals surface area contributed by atoms with Crippen molar-refractivity contribution in [3.05, 3.63) is 55.6 Å². The first-order chi connectivity index (χ1) is 12.3. The normalized spacial score (nSPS) is 11.5. The number of nitrogens with zero attached hydrogens (tertiary/aromatic N) is 2. The van der Waals surface area contributed by atoms with Crippen molar-refractivity contribution < 1.29 is 4.79 Å². The van der Waals surface area contributed by atoms with Gasteiger partial charge in [0.05, 0.1) is 16.2 Å². The fourth-order valence-corrected chi connectivity index (χ4v) is 5.06. The van der Waals surface area contributed by atoms with E-state index >= 15 is 0 Å². The lowest BCUT2D eigenvalue weighted by Crippen LogP contribution is -2.25. The Morgan fingerprint density at radius 1 is 1.31 bits per heavy atom. The zero-order valence-electron chi connectivity index (χ0n) is 15.0. The molecule has 0 spiro atoms. The van der Waals surface area contributed by atoms with Crippen LogP contribution in [0.4, 0.5) is 0 Å². The minimum absolute atomic E-state index is 0.0421. The quantitative estimate of drug-likeness (QED) is 0.328. The molecule has 3 aromatic rings. The Balaban J connectivity index is 1.99. The number of carbonyl (C=O) groups is 1. The summed E-state index contributed by atoms with van der Waals surface area (Å²) < 4.78 is 1.67. The average Bonchev–Trinajstić information content (AvgIpc) is 2.87. The van der Waals surface area contributed by atoms with E-state index in [1.165, 1.54) is 23.1 Å². The average molecular weight is 407 g/mol. The number of thioether (sulfide) groups is 1. The lowest BCUT2D eigenvalue weighted by molar-refractivity contribution is 0.102. The maximum absolute atomic E-state index is 13.0. The van der Waals surface area contributed by atoms with Gasteiger partial charge < -0.3 is 0 Å². The second kappa shape index (κ2) is 7.55. The monoisotopic (exact) mass is 406 g/mol. The molecule has 0 saturated carbocycles. The summed E-state index contributed by atoms with van der Waals surface area (Å²) >= 11 is 8.91. The van der Waals surface area contributed by atoms with E-state index < -0.39 is 0 Å². The smallest absolute Gasteiger partial charge is 0.263 e. The molecule has 136 valence electrons. The van der Waals surface area contributed by atoms with E-state index in [1.807, 2.05) is 27.7 Å². The number of hydrogen-bond acceptors (Lipinski definition) is 5. The van der Waals surface area contributed by atoms with Crippen LogP contribution < -0.4 is 5.56 Å². The van der Waals surface area contributed by atoms with Crippen LogP contribution in [0.25, 0.3) is 10.2 Å². The molecule has 0 aliphatic heterocycles. The van der Waals surface area contributed by atoms with E-state index in [0.717, 1.165) is 15.3 Å². The number of aromatic nitrogens is 2. The molecule has 26 heavy (non-hydrogen) atoms. The molecule has 3 rings (SSSR count). The molecule has 2 heterocycles. The third-order valence-electron chi connectivity index (χ3n) is 4.23. The number of thiophene rings is 1. The Kier molecular flexibility index (Phi) is 5.55. The van der Waals surface area contributed by atoms with Crippen molar-refractivity contribution in [3.8, 4) is 0 Å². The molecule has 0 saturated heterocycles. The van der Waals surface area contributed by atoms with E-state index in [9.17, 15) is 9.59 Å². The highest BCUT2D eigenvalue weighted by molar-refractivity contribution is 7.99. The van der Waals surface area contributed by atoms with Gasteiger partial charge in [0.25, 0.3) is 5.56 Å². The highest BCUT2D eigenvalue weighted by Crippen LogP contribution is 2.30. The Bertz CT molecular complexity index is 1050. The van der Waals surface area contributed by atoms with Gasteiger partial charge in [0.1, 0.15) is 4.83 Å². The molecule has 4 nitrogen and oxygen atoms in total. The Morgan fingerprint density at radius 3 is 2.65 bits per heavy atom. The molecule has 2 aromatic heterocycles. The summed E-state index contributed by atoms with van der Waals surface area (Å²) in [5.41, 5.74) is 1.43.